The lowest BCUT2D eigenvalue weighted by Gasteiger charge is -2.30. The van der Waals surface area contributed by atoms with Gasteiger partial charge in [0.05, 0.1) is 32.2 Å². The Balaban J connectivity index is 1.70. The fraction of sp³-hybridized carbons (Fsp3) is 0.364. The van der Waals surface area contributed by atoms with Crippen LogP contribution in [0.15, 0.2) is 46.6 Å². The standard InChI is InChI=1S/C22H23FN2O6/c1-29-16-5-4-14(13-15(16)23)20(26)18-19(17-3-2-10-31-17)25(22(28)21(18)27)7-6-24-8-11-30-12-9-24/h2-5,10,13,19,26H,6-9,11-12H2,1H3/t19-/m1/s1. The molecule has 0 spiro atoms. The fourth-order valence-corrected chi connectivity index (χ4v) is 3.90. The number of nitrogens with zero attached hydrogens (tertiary/aromatic N) is 2. The van der Waals surface area contributed by atoms with E-state index in [2.05, 4.69) is 4.90 Å². The Hall–Kier alpha value is -3.17. The Morgan fingerprint density at radius 3 is 2.65 bits per heavy atom. The first-order valence-electron chi connectivity index (χ1n) is 9.97. The molecule has 1 amide bonds. The van der Waals surface area contributed by atoms with E-state index in [1.54, 1.807) is 12.1 Å². The summed E-state index contributed by atoms with van der Waals surface area (Å²) in [6.07, 6.45) is 1.43. The molecule has 3 heterocycles. The number of methoxy groups -OCH3 is 1. The quantitative estimate of drug-likeness (QED) is 0.427. The van der Waals surface area contributed by atoms with Crippen molar-refractivity contribution >= 4 is 17.4 Å². The van der Waals surface area contributed by atoms with E-state index in [4.69, 9.17) is 13.9 Å². The minimum Gasteiger partial charge on any atom is -0.507 e. The number of carbonyl (C=O) groups excluding carboxylic acids is 2. The van der Waals surface area contributed by atoms with Gasteiger partial charge in [-0.3, -0.25) is 14.5 Å². The van der Waals surface area contributed by atoms with Crippen LogP contribution in [0.2, 0.25) is 0 Å². The van der Waals surface area contributed by atoms with Gasteiger partial charge < -0.3 is 23.9 Å². The number of furan rings is 1. The molecule has 1 N–H and O–H groups in total. The van der Waals surface area contributed by atoms with Crippen LogP contribution in [-0.4, -0.2) is 73.1 Å². The van der Waals surface area contributed by atoms with Crippen molar-refractivity contribution in [3.63, 3.8) is 0 Å². The monoisotopic (exact) mass is 430 g/mol. The highest BCUT2D eigenvalue weighted by Crippen LogP contribution is 2.39. The van der Waals surface area contributed by atoms with Crippen molar-refractivity contribution in [2.45, 2.75) is 6.04 Å². The minimum atomic E-state index is -0.902. The number of likely N-dealkylation sites (tertiary alicyclic amines) is 1. The summed E-state index contributed by atoms with van der Waals surface area (Å²) in [5.41, 5.74) is -0.0625. The van der Waals surface area contributed by atoms with Crippen molar-refractivity contribution in [3.05, 3.63) is 59.3 Å². The van der Waals surface area contributed by atoms with Crippen molar-refractivity contribution < 1.29 is 33.0 Å². The molecule has 2 aliphatic rings. The Labute approximate surface area is 178 Å². The average molecular weight is 430 g/mol. The normalized spacial score (nSPS) is 21.6. The molecule has 31 heavy (non-hydrogen) atoms. The van der Waals surface area contributed by atoms with Crippen LogP contribution in [0.4, 0.5) is 4.39 Å². The van der Waals surface area contributed by atoms with Crippen LogP contribution >= 0.6 is 0 Å². The van der Waals surface area contributed by atoms with Crippen molar-refractivity contribution in [3.8, 4) is 5.75 Å². The number of amides is 1. The van der Waals surface area contributed by atoms with E-state index in [0.717, 1.165) is 19.2 Å². The number of carbonyl (C=O) groups is 2. The number of halogens is 1. The number of ketones is 1. The maximum Gasteiger partial charge on any atom is 0.295 e. The smallest absolute Gasteiger partial charge is 0.295 e. The van der Waals surface area contributed by atoms with Gasteiger partial charge in [-0.1, -0.05) is 0 Å². The van der Waals surface area contributed by atoms with Gasteiger partial charge in [0.1, 0.15) is 17.6 Å². The van der Waals surface area contributed by atoms with Gasteiger partial charge in [0.25, 0.3) is 11.7 Å². The van der Waals surface area contributed by atoms with Gasteiger partial charge >= 0.3 is 0 Å². The van der Waals surface area contributed by atoms with E-state index >= 15 is 0 Å². The molecule has 2 fully saturated rings. The van der Waals surface area contributed by atoms with Crippen LogP contribution in [0.25, 0.3) is 5.76 Å². The summed E-state index contributed by atoms with van der Waals surface area (Å²) in [4.78, 5) is 29.3. The highest BCUT2D eigenvalue weighted by Gasteiger charge is 2.47. The minimum absolute atomic E-state index is 0.00472. The van der Waals surface area contributed by atoms with Crippen LogP contribution in [0.5, 0.6) is 5.75 Å². The van der Waals surface area contributed by atoms with Crippen LogP contribution in [0, 0.1) is 5.82 Å². The summed E-state index contributed by atoms with van der Waals surface area (Å²) in [5.74, 6) is -2.37. The van der Waals surface area contributed by atoms with E-state index in [9.17, 15) is 19.1 Å². The van der Waals surface area contributed by atoms with Crippen molar-refractivity contribution in [1.82, 2.24) is 9.80 Å². The molecule has 164 valence electrons. The second-order valence-electron chi connectivity index (χ2n) is 7.31. The maximum absolute atomic E-state index is 14.2. The average Bonchev–Trinajstić information content (AvgIpc) is 3.40. The highest BCUT2D eigenvalue weighted by atomic mass is 19.1. The van der Waals surface area contributed by atoms with Crippen molar-refractivity contribution in [1.29, 1.82) is 0 Å². The van der Waals surface area contributed by atoms with E-state index in [-0.39, 0.29) is 23.4 Å². The Bertz CT molecular complexity index is 997. The van der Waals surface area contributed by atoms with E-state index < -0.39 is 29.3 Å². The molecule has 2 aliphatic heterocycles. The third kappa shape index (κ3) is 4.06. The third-order valence-corrected chi connectivity index (χ3v) is 5.54. The molecule has 8 nitrogen and oxygen atoms in total. The topological polar surface area (TPSA) is 92.5 Å². The molecule has 0 aliphatic carbocycles. The molecule has 1 aromatic heterocycles. The first kappa shape index (κ1) is 21.1. The molecular formula is C22H23FN2O6. The Morgan fingerprint density at radius 2 is 2.00 bits per heavy atom. The summed E-state index contributed by atoms with van der Waals surface area (Å²) < 4.78 is 29.9. The molecule has 0 radical (unpaired) electrons. The number of Topliss-reactive ketones (excluding diaryl/α,β-unsaturated/α-hetero) is 1. The molecule has 0 saturated carbocycles. The molecule has 0 unspecified atom stereocenters. The Morgan fingerprint density at radius 1 is 1.23 bits per heavy atom. The first-order chi connectivity index (χ1) is 15.0. The fourth-order valence-electron chi connectivity index (χ4n) is 3.90. The molecule has 1 atom stereocenters. The summed E-state index contributed by atoms with van der Waals surface area (Å²) in [6, 6.07) is 6.22. The third-order valence-electron chi connectivity index (χ3n) is 5.54. The molecule has 1 aromatic carbocycles. The van der Waals surface area contributed by atoms with Crippen molar-refractivity contribution in [2.24, 2.45) is 0 Å². The zero-order chi connectivity index (χ0) is 22.0. The van der Waals surface area contributed by atoms with Gasteiger partial charge in [-0.05, 0) is 30.3 Å². The van der Waals surface area contributed by atoms with Gasteiger partial charge in [-0.15, -0.1) is 0 Å². The van der Waals surface area contributed by atoms with Gasteiger partial charge in [0.15, 0.2) is 11.6 Å². The lowest BCUT2D eigenvalue weighted by Crippen LogP contribution is -2.42. The molecular weight excluding hydrogens is 407 g/mol. The van der Waals surface area contributed by atoms with Crippen LogP contribution in [-0.2, 0) is 14.3 Å². The lowest BCUT2D eigenvalue weighted by molar-refractivity contribution is -0.140. The number of aliphatic hydroxyl groups excluding tert-OH is 1. The number of benzene rings is 1. The number of morpholine rings is 1. The number of hydrogen-bond donors (Lipinski definition) is 1. The van der Waals surface area contributed by atoms with Gasteiger partial charge in [0.2, 0.25) is 0 Å². The molecule has 0 bridgehead atoms. The number of aliphatic hydroxyl groups is 1. The predicted molar refractivity (Wildman–Crippen MR) is 108 cm³/mol. The van der Waals surface area contributed by atoms with Crippen molar-refractivity contribution in [2.75, 3.05) is 46.5 Å². The van der Waals surface area contributed by atoms with E-state index in [1.807, 2.05) is 0 Å². The number of hydrogen-bond acceptors (Lipinski definition) is 7. The van der Waals surface area contributed by atoms with Crippen LogP contribution in [0.1, 0.15) is 17.4 Å². The summed E-state index contributed by atoms with van der Waals surface area (Å²) in [7, 11) is 1.33. The van der Waals surface area contributed by atoms with Gasteiger partial charge in [-0.2, -0.15) is 0 Å². The van der Waals surface area contributed by atoms with E-state index in [0.29, 0.717) is 25.5 Å². The zero-order valence-electron chi connectivity index (χ0n) is 17.0. The second kappa shape index (κ2) is 8.91. The zero-order valence-corrected chi connectivity index (χ0v) is 17.0. The van der Waals surface area contributed by atoms with E-state index in [1.165, 1.54) is 30.4 Å². The summed E-state index contributed by atoms with van der Waals surface area (Å²) >= 11 is 0. The number of ether oxygens (including phenoxy) is 2. The van der Waals surface area contributed by atoms with Crippen LogP contribution in [0.3, 0.4) is 0 Å². The summed E-state index contributed by atoms with van der Waals surface area (Å²) in [5, 5.41) is 10.9. The molecule has 2 aromatic rings. The SMILES string of the molecule is COc1ccc(C(O)=C2C(=O)C(=O)N(CCN3CCOCC3)[C@@H]2c2ccco2)cc1F. The first-order valence-corrected chi connectivity index (χ1v) is 9.97. The largest absolute Gasteiger partial charge is 0.507 e. The van der Waals surface area contributed by atoms with Gasteiger partial charge in [-0.25, -0.2) is 4.39 Å². The summed E-state index contributed by atoms with van der Waals surface area (Å²) in [6.45, 7) is 3.52. The lowest BCUT2D eigenvalue weighted by atomic mass is 9.99. The molecule has 2 saturated heterocycles. The number of rotatable bonds is 6. The maximum atomic E-state index is 14.2. The highest BCUT2D eigenvalue weighted by molar-refractivity contribution is 6.46. The Kier molecular flexibility index (Phi) is 6.06. The predicted octanol–water partition coefficient (Wildman–Crippen LogP) is 2.18. The molecule has 9 heteroatoms. The second-order valence-corrected chi connectivity index (χ2v) is 7.31. The van der Waals surface area contributed by atoms with Crippen LogP contribution < -0.4 is 4.74 Å². The molecule has 4 rings (SSSR count). The van der Waals surface area contributed by atoms with Gasteiger partial charge in [0, 0.05) is 31.7 Å².